The van der Waals surface area contributed by atoms with Gasteiger partial charge in [0.05, 0.1) is 12.2 Å². The van der Waals surface area contributed by atoms with Crippen LogP contribution in [0.5, 0.6) is 0 Å². The summed E-state index contributed by atoms with van der Waals surface area (Å²) in [7, 11) is 0. The summed E-state index contributed by atoms with van der Waals surface area (Å²) in [5.74, 6) is -0.0570. The van der Waals surface area contributed by atoms with Gasteiger partial charge in [-0.25, -0.2) is 4.98 Å². The van der Waals surface area contributed by atoms with Crippen molar-refractivity contribution in [1.29, 1.82) is 0 Å². The van der Waals surface area contributed by atoms with Crippen LogP contribution in [0.25, 0.3) is 0 Å². The van der Waals surface area contributed by atoms with E-state index in [1.165, 1.54) is 12.4 Å². The molecule has 4 nitrogen and oxygen atoms in total. The van der Waals surface area contributed by atoms with Gasteiger partial charge in [-0.2, -0.15) is 0 Å². The number of rotatable bonds is 6. The Morgan fingerprint density at radius 3 is 2.46 bits per heavy atom. The highest BCUT2D eigenvalue weighted by molar-refractivity contribution is 6.30. The Morgan fingerprint density at radius 2 is 1.79 bits per heavy atom. The van der Waals surface area contributed by atoms with Gasteiger partial charge in [0.2, 0.25) is 0 Å². The average Bonchev–Trinajstić information content (AvgIpc) is 2.64. The molecular weight excluding hydrogens is 322 g/mol. The maximum absolute atomic E-state index is 12.5. The molecule has 0 bridgehead atoms. The number of carbonyl (C=O) groups is 1. The second-order valence-electron chi connectivity index (χ2n) is 5.33. The molecule has 0 spiro atoms. The number of nitrogens with one attached hydrogen (secondary N) is 1. The molecule has 5 heteroatoms. The molecule has 3 rings (SSSR count). The van der Waals surface area contributed by atoms with Gasteiger partial charge in [0, 0.05) is 29.5 Å². The minimum atomic E-state index is -0.165. The molecule has 0 aliphatic rings. The molecule has 0 radical (unpaired) electrons. The lowest BCUT2D eigenvalue weighted by atomic mass is 10.00. The minimum Gasteiger partial charge on any atom is -0.378 e. The van der Waals surface area contributed by atoms with Crippen LogP contribution in [-0.2, 0) is 0 Å². The standard InChI is InChI=1S/C19H16ClN3O/c20-15-6-8-16(9-7-15)23-17(14-4-2-1-3-5-14)12-19(24)18-13-21-10-11-22-18/h1-11,13,17,23H,12H2. The van der Waals surface area contributed by atoms with Crippen LogP contribution in [0.1, 0.15) is 28.5 Å². The van der Waals surface area contributed by atoms with Gasteiger partial charge in [-0.3, -0.25) is 9.78 Å². The monoisotopic (exact) mass is 337 g/mol. The third-order valence-corrected chi connectivity index (χ3v) is 3.88. The largest absolute Gasteiger partial charge is 0.378 e. The van der Waals surface area contributed by atoms with Gasteiger partial charge in [0.15, 0.2) is 5.78 Å². The van der Waals surface area contributed by atoms with Crippen molar-refractivity contribution in [3.63, 3.8) is 0 Å². The fraction of sp³-hybridized carbons (Fsp3) is 0.105. The third-order valence-electron chi connectivity index (χ3n) is 3.63. The Labute approximate surface area is 145 Å². The van der Waals surface area contributed by atoms with Crippen molar-refractivity contribution in [2.75, 3.05) is 5.32 Å². The summed E-state index contributed by atoms with van der Waals surface area (Å²) in [6.45, 7) is 0. The van der Waals surface area contributed by atoms with Crippen molar-refractivity contribution in [3.8, 4) is 0 Å². The van der Waals surface area contributed by atoms with Crippen LogP contribution in [-0.4, -0.2) is 15.8 Å². The molecule has 0 saturated carbocycles. The fourth-order valence-electron chi connectivity index (χ4n) is 2.42. The number of halogens is 1. The maximum atomic E-state index is 12.5. The molecule has 0 fully saturated rings. The van der Waals surface area contributed by atoms with Crippen molar-refractivity contribution >= 4 is 23.1 Å². The second kappa shape index (κ2) is 7.70. The highest BCUT2D eigenvalue weighted by atomic mass is 35.5. The zero-order valence-corrected chi connectivity index (χ0v) is 13.6. The zero-order valence-electron chi connectivity index (χ0n) is 12.9. The Morgan fingerprint density at radius 1 is 1.04 bits per heavy atom. The molecular formula is C19H16ClN3O. The summed E-state index contributed by atoms with van der Waals surface area (Å²) in [6.07, 6.45) is 4.85. The molecule has 0 aliphatic heterocycles. The van der Waals surface area contributed by atoms with Crippen LogP contribution in [0, 0.1) is 0 Å². The molecule has 3 aromatic rings. The van der Waals surface area contributed by atoms with E-state index in [2.05, 4.69) is 15.3 Å². The lowest BCUT2D eigenvalue weighted by Gasteiger charge is -2.20. The molecule has 0 saturated heterocycles. The first-order valence-corrected chi connectivity index (χ1v) is 7.96. The first kappa shape index (κ1) is 16.1. The van der Waals surface area contributed by atoms with Crippen LogP contribution >= 0.6 is 11.6 Å². The van der Waals surface area contributed by atoms with Crippen LogP contribution in [0.4, 0.5) is 5.69 Å². The second-order valence-corrected chi connectivity index (χ2v) is 5.77. The summed E-state index contributed by atoms with van der Waals surface area (Å²) >= 11 is 5.93. The van der Waals surface area contributed by atoms with Gasteiger partial charge in [-0.1, -0.05) is 41.9 Å². The van der Waals surface area contributed by atoms with Crippen molar-refractivity contribution in [2.24, 2.45) is 0 Å². The first-order chi connectivity index (χ1) is 11.7. The summed E-state index contributed by atoms with van der Waals surface area (Å²) < 4.78 is 0. The van der Waals surface area contributed by atoms with E-state index in [1.54, 1.807) is 6.20 Å². The van der Waals surface area contributed by atoms with Crippen molar-refractivity contribution in [1.82, 2.24) is 9.97 Å². The quantitative estimate of drug-likeness (QED) is 0.670. The molecule has 1 aromatic heterocycles. The summed E-state index contributed by atoms with van der Waals surface area (Å²) in [5, 5.41) is 4.07. The van der Waals surface area contributed by atoms with Gasteiger partial charge in [0.25, 0.3) is 0 Å². The minimum absolute atomic E-state index is 0.0570. The average molecular weight is 338 g/mol. The highest BCUT2D eigenvalue weighted by Crippen LogP contribution is 2.25. The molecule has 1 atom stereocenters. The van der Waals surface area contributed by atoms with Crippen molar-refractivity contribution < 1.29 is 4.79 Å². The van der Waals surface area contributed by atoms with Gasteiger partial charge in [-0.15, -0.1) is 0 Å². The van der Waals surface area contributed by atoms with E-state index >= 15 is 0 Å². The predicted octanol–water partition coefficient (Wildman–Crippen LogP) is 4.56. The molecule has 1 unspecified atom stereocenters. The molecule has 0 aliphatic carbocycles. The maximum Gasteiger partial charge on any atom is 0.185 e. The van der Waals surface area contributed by atoms with Gasteiger partial charge in [0.1, 0.15) is 5.69 Å². The number of ketones is 1. The Bertz CT molecular complexity index is 792. The molecule has 120 valence electrons. The summed E-state index contributed by atoms with van der Waals surface area (Å²) in [4.78, 5) is 20.6. The molecule has 0 amide bonds. The van der Waals surface area contributed by atoms with Gasteiger partial charge < -0.3 is 5.32 Å². The van der Waals surface area contributed by atoms with E-state index in [0.717, 1.165) is 11.3 Å². The normalized spacial score (nSPS) is 11.7. The number of anilines is 1. The number of aromatic nitrogens is 2. The van der Waals surface area contributed by atoms with E-state index in [4.69, 9.17) is 11.6 Å². The Kier molecular flexibility index (Phi) is 5.18. The van der Waals surface area contributed by atoms with E-state index in [0.29, 0.717) is 10.7 Å². The highest BCUT2D eigenvalue weighted by Gasteiger charge is 2.18. The van der Waals surface area contributed by atoms with E-state index in [1.807, 2.05) is 54.6 Å². The van der Waals surface area contributed by atoms with Gasteiger partial charge >= 0.3 is 0 Å². The zero-order chi connectivity index (χ0) is 16.8. The van der Waals surface area contributed by atoms with Crippen LogP contribution in [0.15, 0.2) is 73.2 Å². The van der Waals surface area contributed by atoms with Crippen LogP contribution in [0.3, 0.4) is 0 Å². The Hall–Kier alpha value is -2.72. The molecule has 24 heavy (non-hydrogen) atoms. The smallest absolute Gasteiger partial charge is 0.185 e. The third kappa shape index (κ3) is 4.18. The number of nitrogens with zero attached hydrogens (tertiary/aromatic N) is 2. The van der Waals surface area contributed by atoms with Crippen molar-refractivity contribution in [2.45, 2.75) is 12.5 Å². The Balaban J connectivity index is 1.82. The van der Waals surface area contributed by atoms with E-state index < -0.39 is 0 Å². The van der Waals surface area contributed by atoms with Crippen LogP contribution < -0.4 is 5.32 Å². The topological polar surface area (TPSA) is 54.9 Å². The number of hydrogen-bond donors (Lipinski definition) is 1. The molecule has 2 aromatic carbocycles. The fourth-order valence-corrected chi connectivity index (χ4v) is 2.54. The van der Waals surface area contributed by atoms with Crippen LogP contribution in [0.2, 0.25) is 5.02 Å². The lowest BCUT2D eigenvalue weighted by Crippen LogP contribution is -2.16. The SMILES string of the molecule is O=C(CC(Nc1ccc(Cl)cc1)c1ccccc1)c1cnccn1. The molecule has 1 N–H and O–H groups in total. The summed E-state index contributed by atoms with van der Waals surface area (Å²) in [5.41, 5.74) is 2.31. The number of hydrogen-bond acceptors (Lipinski definition) is 4. The number of benzene rings is 2. The predicted molar refractivity (Wildman–Crippen MR) is 95.2 cm³/mol. The lowest BCUT2D eigenvalue weighted by molar-refractivity contribution is 0.0971. The summed E-state index contributed by atoms with van der Waals surface area (Å²) in [6, 6.07) is 17.1. The van der Waals surface area contributed by atoms with Crippen molar-refractivity contribution in [3.05, 3.63) is 89.5 Å². The first-order valence-electron chi connectivity index (χ1n) is 7.58. The molecule has 1 heterocycles. The van der Waals surface area contributed by atoms with Gasteiger partial charge in [-0.05, 0) is 29.8 Å². The van der Waals surface area contributed by atoms with E-state index in [9.17, 15) is 4.79 Å². The van der Waals surface area contributed by atoms with E-state index in [-0.39, 0.29) is 18.2 Å². The number of carbonyl (C=O) groups excluding carboxylic acids is 1. The number of Topliss-reactive ketones (excluding diaryl/α,β-unsaturated/α-hetero) is 1.